The fraction of sp³-hybridized carbons (Fsp3) is 0.227. The van der Waals surface area contributed by atoms with Crippen molar-refractivity contribution in [1.82, 2.24) is 20.4 Å². The molecule has 1 aromatic heterocycles. The van der Waals surface area contributed by atoms with E-state index in [0.29, 0.717) is 0 Å². The number of nitrogens with zero attached hydrogens (tertiary/aromatic N) is 3. The molecule has 1 heterocycles. The van der Waals surface area contributed by atoms with Gasteiger partial charge < -0.3 is 0 Å². The maximum atomic E-state index is 12.3. The summed E-state index contributed by atoms with van der Waals surface area (Å²) in [7, 11) is 0. The summed E-state index contributed by atoms with van der Waals surface area (Å²) in [5, 5.41) is 11.5. The monoisotopic (exact) mass is 451 g/mol. The topological polar surface area (TPSA) is 119 Å². The zero-order chi connectivity index (χ0) is 22.5. The van der Waals surface area contributed by atoms with Crippen molar-refractivity contribution in [3.05, 3.63) is 81.7 Å². The lowest BCUT2D eigenvalue weighted by Crippen LogP contribution is -2.42. The zero-order valence-corrected chi connectivity index (χ0v) is 17.9. The fourth-order valence-electron chi connectivity index (χ4n) is 3.56. The molecule has 0 radical (unpaired) electrons. The van der Waals surface area contributed by atoms with Crippen LogP contribution in [0.4, 0.5) is 5.69 Å². The number of hydrogen-bond donors (Lipinski definition) is 2. The van der Waals surface area contributed by atoms with Crippen LogP contribution in [0.5, 0.6) is 0 Å². The van der Waals surface area contributed by atoms with Gasteiger partial charge in [-0.05, 0) is 49.9 Å². The highest BCUT2D eigenvalue weighted by molar-refractivity contribution is 7.99. The third kappa shape index (κ3) is 4.80. The van der Waals surface area contributed by atoms with E-state index < -0.39 is 10.8 Å². The lowest BCUT2D eigenvalue weighted by molar-refractivity contribution is -0.384. The molecule has 3 aromatic rings. The first-order valence-corrected chi connectivity index (χ1v) is 11.1. The number of carbonyl (C=O) groups is 2. The SMILES string of the molecule is O=C(CSc1nc2c(n1-c1ccccc1)CCCC2)NNC(=O)c1ccc([N+](=O)[O-])cc1. The lowest BCUT2D eigenvalue weighted by atomic mass is 10.0. The molecular formula is C22H21N5O4S. The Labute approximate surface area is 188 Å². The molecule has 32 heavy (non-hydrogen) atoms. The Balaban J connectivity index is 1.38. The maximum absolute atomic E-state index is 12.3. The van der Waals surface area contributed by atoms with Gasteiger partial charge in [0.2, 0.25) is 5.91 Å². The third-order valence-corrected chi connectivity index (χ3v) is 6.04. The van der Waals surface area contributed by atoms with Gasteiger partial charge >= 0.3 is 0 Å². The number of aryl methyl sites for hydroxylation is 1. The van der Waals surface area contributed by atoms with Gasteiger partial charge in [0, 0.05) is 29.1 Å². The molecule has 0 saturated heterocycles. The average Bonchev–Trinajstić information content (AvgIpc) is 3.20. The Morgan fingerprint density at radius 3 is 2.47 bits per heavy atom. The van der Waals surface area contributed by atoms with Gasteiger partial charge in [0.25, 0.3) is 11.6 Å². The zero-order valence-electron chi connectivity index (χ0n) is 17.1. The number of para-hydroxylation sites is 1. The Hall–Kier alpha value is -3.66. The van der Waals surface area contributed by atoms with Crippen molar-refractivity contribution in [2.75, 3.05) is 5.75 Å². The number of hydrazine groups is 1. The van der Waals surface area contributed by atoms with Crippen molar-refractivity contribution in [3.63, 3.8) is 0 Å². The summed E-state index contributed by atoms with van der Waals surface area (Å²) in [6, 6.07) is 15.1. The molecule has 2 amide bonds. The minimum atomic E-state index is -0.556. The number of nitro groups is 1. The maximum Gasteiger partial charge on any atom is 0.269 e. The van der Waals surface area contributed by atoms with Crippen LogP contribution in [-0.2, 0) is 17.6 Å². The first kappa shape index (κ1) is 21.6. The number of benzene rings is 2. The van der Waals surface area contributed by atoms with Crippen LogP contribution in [0.25, 0.3) is 5.69 Å². The van der Waals surface area contributed by atoms with Crippen molar-refractivity contribution < 1.29 is 14.5 Å². The van der Waals surface area contributed by atoms with Crippen LogP contribution in [0.1, 0.15) is 34.6 Å². The molecule has 0 unspecified atom stereocenters. The molecule has 4 rings (SSSR count). The highest BCUT2D eigenvalue weighted by Gasteiger charge is 2.22. The van der Waals surface area contributed by atoms with Gasteiger partial charge in [-0.2, -0.15) is 0 Å². The van der Waals surface area contributed by atoms with E-state index in [-0.39, 0.29) is 22.9 Å². The Morgan fingerprint density at radius 1 is 1.03 bits per heavy atom. The number of carbonyl (C=O) groups excluding carboxylic acids is 2. The Bertz CT molecular complexity index is 1150. The molecule has 1 aliphatic rings. The van der Waals surface area contributed by atoms with Crippen LogP contribution in [-0.4, -0.2) is 32.0 Å². The van der Waals surface area contributed by atoms with E-state index in [0.717, 1.165) is 42.2 Å². The fourth-order valence-corrected chi connectivity index (χ4v) is 4.41. The van der Waals surface area contributed by atoms with E-state index in [1.54, 1.807) is 0 Å². The van der Waals surface area contributed by atoms with Crippen molar-refractivity contribution in [2.45, 2.75) is 30.8 Å². The summed E-state index contributed by atoms with van der Waals surface area (Å²) < 4.78 is 2.11. The van der Waals surface area contributed by atoms with Crippen LogP contribution in [0, 0.1) is 10.1 Å². The van der Waals surface area contributed by atoms with Gasteiger partial charge in [0.15, 0.2) is 5.16 Å². The highest BCUT2D eigenvalue weighted by Crippen LogP contribution is 2.30. The second-order valence-corrected chi connectivity index (χ2v) is 8.20. The Morgan fingerprint density at radius 2 is 1.75 bits per heavy atom. The second-order valence-electron chi connectivity index (χ2n) is 7.26. The van der Waals surface area contributed by atoms with Gasteiger partial charge in [0.05, 0.1) is 16.4 Å². The molecule has 10 heteroatoms. The minimum Gasteiger partial charge on any atom is -0.292 e. The van der Waals surface area contributed by atoms with Crippen LogP contribution in [0.2, 0.25) is 0 Å². The first-order valence-electron chi connectivity index (χ1n) is 10.2. The Kier molecular flexibility index (Phi) is 6.50. The summed E-state index contributed by atoms with van der Waals surface area (Å²) >= 11 is 1.31. The van der Waals surface area contributed by atoms with E-state index in [4.69, 9.17) is 4.98 Å². The van der Waals surface area contributed by atoms with Crippen molar-refractivity contribution in [3.8, 4) is 5.69 Å². The van der Waals surface area contributed by atoms with Gasteiger partial charge in [-0.15, -0.1) is 0 Å². The van der Waals surface area contributed by atoms with Crippen molar-refractivity contribution in [2.24, 2.45) is 0 Å². The average molecular weight is 452 g/mol. The third-order valence-electron chi connectivity index (χ3n) is 5.10. The molecule has 164 valence electrons. The van der Waals surface area contributed by atoms with E-state index in [9.17, 15) is 19.7 Å². The lowest BCUT2D eigenvalue weighted by Gasteiger charge is -2.15. The number of imidazole rings is 1. The van der Waals surface area contributed by atoms with Gasteiger partial charge in [-0.25, -0.2) is 4.98 Å². The number of fused-ring (bicyclic) bond motifs is 1. The number of thioether (sulfide) groups is 1. The van der Waals surface area contributed by atoms with Crippen LogP contribution >= 0.6 is 11.8 Å². The van der Waals surface area contributed by atoms with Crippen LogP contribution in [0.3, 0.4) is 0 Å². The summed E-state index contributed by atoms with van der Waals surface area (Å²) in [4.78, 5) is 39.4. The molecule has 0 saturated carbocycles. The number of nitrogens with one attached hydrogen (secondary N) is 2. The van der Waals surface area contributed by atoms with Gasteiger partial charge in [-0.3, -0.25) is 35.1 Å². The van der Waals surface area contributed by atoms with Crippen LogP contribution < -0.4 is 10.9 Å². The highest BCUT2D eigenvalue weighted by atomic mass is 32.2. The standard InChI is InChI=1S/C22H21N5O4S/c28-20(24-25-21(29)15-10-12-17(13-11-15)27(30)31)14-32-22-23-18-8-4-5-9-19(18)26(22)16-6-2-1-3-7-16/h1-3,6-7,10-13H,4-5,8-9,14H2,(H,24,28)(H,25,29). The summed E-state index contributed by atoms with van der Waals surface area (Å²) in [5.74, 6) is -0.867. The summed E-state index contributed by atoms with van der Waals surface area (Å²) in [6.45, 7) is 0. The van der Waals surface area contributed by atoms with E-state index in [1.807, 2.05) is 30.3 Å². The van der Waals surface area contributed by atoms with E-state index >= 15 is 0 Å². The molecule has 0 fully saturated rings. The van der Waals surface area contributed by atoms with Gasteiger partial charge in [0.1, 0.15) is 0 Å². The van der Waals surface area contributed by atoms with E-state index in [1.165, 1.54) is 41.7 Å². The molecule has 1 aliphatic carbocycles. The second kappa shape index (κ2) is 9.65. The molecule has 0 spiro atoms. The minimum absolute atomic E-state index is 0.0727. The molecule has 2 aromatic carbocycles. The normalized spacial score (nSPS) is 12.6. The number of rotatable bonds is 6. The molecule has 0 bridgehead atoms. The molecule has 0 aliphatic heterocycles. The summed E-state index contributed by atoms with van der Waals surface area (Å²) in [6.07, 6.45) is 4.11. The number of amides is 2. The smallest absolute Gasteiger partial charge is 0.269 e. The van der Waals surface area contributed by atoms with Crippen LogP contribution in [0.15, 0.2) is 59.8 Å². The van der Waals surface area contributed by atoms with Gasteiger partial charge in [-0.1, -0.05) is 30.0 Å². The first-order chi connectivity index (χ1) is 15.5. The number of hydrogen-bond acceptors (Lipinski definition) is 6. The number of non-ortho nitro benzene ring substituents is 1. The largest absolute Gasteiger partial charge is 0.292 e. The van der Waals surface area contributed by atoms with Crippen molar-refractivity contribution >= 4 is 29.3 Å². The number of aromatic nitrogens is 2. The number of nitro benzene ring substituents is 1. The molecular weight excluding hydrogens is 430 g/mol. The predicted molar refractivity (Wildman–Crippen MR) is 120 cm³/mol. The van der Waals surface area contributed by atoms with Crippen molar-refractivity contribution in [1.29, 1.82) is 0 Å². The molecule has 2 N–H and O–H groups in total. The van der Waals surface area contributed by atoms with E-state index in [2.05, 4.69) is 15.4 Å². The molecule has 0 atom stereocenters. The summed E-state index contributed by atoms with van der Waals surface area (Å²) in [5.41, 5.74) is 8.08. The predicted octanol–water partition coefficient (Wildman–Crippen LogP) is 3.21. The molecule has 9 nitrogen and oxygen atoms in total. The quantitative estimate of drug-likeness (QED) is 0.337.